The number of aliphatic hydroxyl groups is 1. The Morgan fingerprint density at radius 3 is 2.28 bits per heavy atom. The predicted molar refractivity (Wildman–Crippen MR) is 116 cm³/mol. The number of hydrogen-bond donors (Lipinski definition) is 3. The van der Waals surface area contributed by atoms with Gasteiger partial charge >= 0.3 is 12.2 Å². The topological polar surface area (TPSA) is 133 Å². The van der Waals surface area contributed by atoms with Gasteiger partial charge in [0.05, 0.1) is 18.7 Å². The average molecular weight is 452 g/mol. The lowest BCUT2D eigenvalue weighted by atomic mass is 9.44. The molecule has 0 radical (unpaired) electrons. The second-order valence-corrected chi connectivity index (χ2v) is 11.4. The Bertz CT molecular complexity index is 764. The zero-order valence-corrected chi connectivity index (χ0v) is 19.3. The minimum atomic E-state index is -0.982. The number of primary amides is 1. The molecule has 32 heavy (non-hydrogen) atoms. The molecule has 4 bridgehead atoms. The standard InChI is InChI=1S/C23H37N3O6/c1-22(2,3)32-21(31)25(6-7-27)16-4-5-26(20(29)30)18(16)17-14-8-13-9-15(17)12-23(10-13,11-14)19(24)28/h13-18,27H,4-12H2,1-3H3,(H2,24,28)(H,29,30)/t13?,14?,15?,16?,17?,18-,23?/m0/s1. The van der Waals surface area contributed by atoms with Crippen molar-refractivity contribution in [3.05, 3.63) is 0 Å². The molecular weight excluding hydrogens is 414 g/mol. The lowest BCUT2D eigenvalue weighted by molar-refractivity contribution is -0.155. The first kappa shape index (κ1) is 23.1. The lowest BCUT2D eigenvalue weighted by Gasteiger charge is -2.61. The Morgan fingerprint density at radius 1 is 1.16 bits per heavy atom. The summed E-state index contributed by atoms with van der Waals surface area (Å²) in [6.45, 7) is 5.59. The molecule has 5 aliphatic rings. The van der Waals surface area contributed by atoms with Gasteiger partial charge in [0.25, 0.3) is 0 Å². The van der Waals surface area contributed by atoms with Crippen LogP contribution in [0.3, 0.4) is 0 Å². The van der Waals surface area contributed by atoms with Crippen LogP contribution < -0.4 is 5.73 Å². The number of amides is 3. The Labute approximate surface area is 189 Å². The molecule has 0 aromatic rings. The van der Waals surface area contributed by atoms with Gasteiger partial charge in [-0.15, -0.1) is 0 Å². The predicted octanol–water partition coefficient (Wildman–Crippen LogP) is 2.26. The molecule has 5 rings (SSSR count). The Kier molecular flexibility index (Phi) is 5.84. The van der Waals surface area contributed by atoms with E-state index in [4.69, 9.17) is 10.5 Å². The third-order valence-corrected chi connectivity index (χ3v) is 8.30. The fourth-order valence-electron chi connectivity index (χ4n) is 7.57. The van der Waals surface area contributed by atoms with Gasteiger partial charge in [0, 0.05) is 18.5 Å². The quantitative estimate of drug-likeness (QED) is 0.587. The van der Waals surface area contributed by atoms with E-state index in [2.05, 4.69) is 0 Å². The van der Waals surface area contributed by atoms with Crippen molar-refractivity contribution in [3.63, 3.8) is 0 Å². The SMILES string of the molecule is CC(C)(C)OC(=O)N(CCO)C1CCN(C(=O)O)[C@@H]1C1C2CC3CC1CC(C(N)=O)(C3)C2. The highest BCUT2D eigenvalue weighted by Gasteiger charge is 2.62. The minimum Gasteiger partial charge on any atom is -0.465 e. The zero-order valence-electron chi connectivity index (χ0n) is 19.3. The third kappa shape index (κ3) is 3.93. The van der Waals surface area contributed by atoms with Gasteiger partial charge in [0.15, 0.2) is 0 Å². The van der Waals surface area contributed by atoms with E-state index in [1.165, 1.54) is 9.80 Å². The van der Waals surface area contributed by atoms with Crippen molar-refractivity contribution in [3.8, 4) is 0 Å². The molecular formula is C23H37N3O6. The van der Waals surface area contributed by atoms with E-state index in [0.717, 1.165) is 19.3 Å². The summed E-state index contributed by atoms with van der Waals surface area (Å²) < 4.78 is 5.61. The van der Waals surface area contributed by atoms with Crippen LogP contribution in [0.25, 0.3) is 0 Å². The molecule has 5 fully saturated rings. The van der Waals surface area contributed by atoms with Gasteiger partial charge < -0.3 is 30.5 Å². The van der Waals surface area contributed by atoms with Crippen molar-refractivity contribution in [2.24, 2.45) is 34.8 Å². The summed E-state index contributed by atoms with van der Waals surface area (Å²) in [5, 5.41) is 19.7. The normalized spacial score (nSPS) is 38.1. The molecule has 180 valence electrons. The second kappa shape index (κ2) is 8.08. The van der Waals surface area contributed by atoms with Crippen LogP contribution in [-0.4, -0.2) is 75.5 Å². The number of nitrogens with two attached hydrogens (primary N) is 1. The van der Waals surface area contributed by atoms with Gasteiger partial charge in [-0.25, -0.2) is 9.59 Å². The van der Waals surface area contributed by atoms with Crippen LogP contribution in [0.15, 0.2) is 0 Å². The van der Waals surface area contributed by atoms with Gasteiger partial charge in [0.1, 0.15) is 5.60 Å². The first-order valence-electron chi connectivity index (χ1n) is 11.9. The number of nitrogens with zero attached hydrogens (tertiary/aromatic N) is 2. The van der Waals surface area contributed by atoms with Crippen molar-refractivity contribution in [1.29, 1.82) is 0 Å². The monoisotopic (exact) mass is 451 g/mol. The minimum absolute atomic E-state index is 0.0752. The molecule has 0 aromatic carbocycles. The maximum absolute atomic E-state index is 13.1. The van der Waals surface area contributed by atoms with Crippen LogP contribution in [0, 0.1) is 29.1 Å². The number of hydrogen-bond acceptors (Lipinski definition) is 5. The Balaban J connectivity index is 1.66. The van der Waals surface area contributed by atoms with Crippen molar-refractivity contribution >= 4 is 18.1 Å². The van der Waals surface area contributed by atoms with E-state index >= 15 is 0 Å². The first-order valence-corrected chi connectivity index (χ1v) is 11.9. The maximum Gasteiger partial charge on any atom is 0.410 e. The van der Waals surface area contributed by atoms with Gasteiger partial charge in [-0.1, -0.05) is 0 Å². The zero-order chi connectivity index (χ0) is 23.4. The van der Waals surface area contributed by atoms with Crippen LogP contribution >= 0.6 is 0 Å². The molecule has 0 aromatic heterocycles. The average Bonchev–Trinajstić information content (AvgIpc) is 3.08. The molecule has 9 heteroatoms. The van der Waals surface area contributed by atoms with Crippen molar-refractivity contribution in [1.82, 2.24) is 9.80 Å². The first-order chi connectivity index (χ1) is 15.0. The summed E-state index contributed by atoms with van der Waals surface area (Å²) in [6, 6.07) is -0.730. The highest BCUT2D eigenvalue weighted by atomic mass is 16.6. The van der Waals surface area contributed by atoms with E-state index in [-0.39, 0.29) is 48.9 Å². The molecule has 1 aliphatic heterocycles. The number of carbonyl (C=O) groups is 3. The van der Waals surface area contributed by atoms with Crippen LogP contribution in [-0.2, 0) is 9.53 Å². The van der Waals surface area contributed by atoms with E-state index in [1.807, 2.05) is 0 Å². The molecule has 1 saturated heterocycles. The molecule has 3 amide bonds. The molecule has 0 spiro atoms. The summed E-state index contributed by atoms with van der Waals surface area (Å²) in [4.78, 5) is 40.6. The van der Waals surface area contributed by atoms with Gasteiger partial charge in [-0.3, -0.25) is 4.79 Å². The highest BCUT2D eigenvalue weighted by Crippen LogP contribution is 2.63. The maximum atomic E-state index is 13.1. The number of carbonyl (C=O) groups excluding carboxylic acids is 2. The van der Waals surface area contributed by atoms with Crippen LogP contribution in [0.5, 0.6) is 0 Å². The highest BCUT2D eigenvalue weighted by molar-refractivity contribution is 5.81. The summed E-state index contributed by atoms with van der Waals surface area (Å²) in [5.74, 6) is 0.760. The molecule has 9 nitrogen and oxygen atoms in total. The fourth-order valence-corrected chi connectivity index (χ4v) is 7.57. The Hall–Kier alpha value is -2.03. The number of aliphatic hydroxyl groups excluding tert-OH is 1. The van der Waals surface area contributed by atoms with Gasteiger partial charge in [0.2, 0.25) is 5.91 Å². The van der Waals surface area contributed by atoms with E-state index < -0.39 is 23.2 Å². The largest absolute Gasteiger partial charge is 0.465 e. The second-order valence-electron chi connectivity index (χ2n) is 11.4. The lowest BCUT2D eigenvalue weighted by Crippen LogP contribution is -2.63. The number of carboxylic acid groups (broad SMARTS) is 1. The molecule has 4 aliphatic carbocycles. The number of ether oxygens (including phenoxy) is 1. The van der Waals surface area contributed by atoms with Crippen molar-refractivity contribution < 1.29 is 29.3 Å². The van der Waals surface area contributed by atoms with Crippen LogP contribution in [0.4, 0.5) is 9.59 Å². The fraction of sp³-hybridized carbons (Fsp3) is 0.870. The smallest absolute Gasteiger partial charge is 0.410 e. The van der Waals surface area contributed by atoms with E-state index in [0.29, 0.717) is 31.7 Å². The molecule has 3 unspecified atom stereocenters. The van der Waals surface area contributed by atoms with Crippen molar-refractivity contribution in [2.45, 2.75) is 77.0 Å². The summed E-state index contributed by atoms with van der Waals surface area (Å²) in [7, 11) is 0. The Morgan fingerprint density at radius 2 is 1.78 bits per heavy atom. The summed E-state index contributed by atoms with van der Waals surface area (Å²) in [5.41, 5.74) is 4.69. The molecule has 4 saturated carbocycles. The third-order valence-electron chi connectivity index (χ3n) is 8.30. The molecule has 4 atom stereocenters. The van der Waals surface area contributed by atoms with Crippen LogP contribution in [0.2, 0.25) is 0 Å². The summed E-state index contributed by atoms with van der Waals surface area (Å²) >= 11 is 0. The van der Waals surface area contributed by atoms with E-state index in [9.17, 15) is 24.6 Å². The van der Waals surface area contributed by atoms with E-state index in [1.54, 1.807) is 20.8 Å². The van der Waals surface area contributed by atoms with Crippen LogP contribution in [0.1, 0.15) is 59.3 Å². The number of likely N-dealkylation sites (tertiary alicyclic amines) is 1. The van der Waals surface area contributed by atoms with Crippen molar-refractivity contribution in [2.75, 3.05) is 19.7 Å². The summed E-state index contributed by atoms with van der Waals surface area (Å²) in [6.07, 6.45) is 3.25. The van der Waals surface area contributed by atoms with Gasteiger partial charge in [-0.05, 0) is 83.0 Å². The van der Waals surface area contributed by atoms with Gasteiger partial charge in [-0.2, -0.15) is 0 Å². The molecule has 4 N–H and O–H groups in total. The number of rotatable bonds is 5. The molecule has 1 heterocycles.